The van der Waals surface area contributed by atoms with Gasteiger partial charge in [0.15, 0.2) is 0 Å². The number of nitrogens with zero attached hydrogens (tertiary/aromatic N) is 2. The fourth-order valence-electron chi connectivity index (χ4n) is 5.02. The van der Waals surface area contributed by atoms with Gasteiger partial charge in [-0.1, -0.05) is 76.9 Å². The average molecular weight is 525 g/mol. The second-order valence-corrected chi connectivity index (χ2v) is 15.0. The summed E-state index contributed by atoms with van der Waals surface area (Å²) >= 11 is 0. The van der Waals surface area contributed by atoms with Crippen LogP contribution < -0.4 is 0 Å². The Balaban J connectivity index is 2.16. The average Bonchev–Trinajstić information content (AvgIpc) is 2.75. The van der Waals surface area contributed by atoms with Crippen LogP contribution in [0.5, 0.6) is 11.5 Å². The molecule has 0 heterocycles. The minimum Gasteiger partial charge on any atom is -0.507 e. The van der Waals surface area contributed by atoms with Crippen LogP contribution in [0.15, 0.2) is 24.3 Å². The van der Waals surface area contributed by atoms with Crippen LogP contribution in [0.3, 0.4) is 0 Å². The van der Waals surface area contributed by atoms with Gasteiger partial charge in [-0.2, -0.15) is 0 Å². The van der Waals surface area contributed by atoms with Crippen LogP contribution in [0.4, 0.5) is 0 Å². The minimum atomic E-state index is -0.104. The summed E-state index contributed by atoms with van der Waals surface area (Å²) in [4.78, 5) is 4.73. The molecule has 0 bridgehead atoms. The zero-order valence-electron chi connectivity index (χ0n) is 26.9. The summed E-state index contributed by atoms with van der Waals surface area (Å²) in [6, 6.07) is 8.46. The molecule has 0 unspecified atom stereocenters. The molecule has 0 radical (unpaired) electrons. The topological polar surface area (TPSA) is 46.9 Å². The van der Waals surface area contributed by atoms with E-state index < -0.39 is 0 Å². The summed E-state index contributed by atoms with van der Waals surface area (Å²) in [6.07, 6.45) is 2.01. The fourth-order valence-corrected chi connectivity index (χ4v) is 5.02. The van der Waals surface area contributed by atoms with Gasteiger partial charge in [0.25, 0.3) is 0 Å². The van der Waals surface area contributed by atoms with E-state index in [1.165, 1.54) is 11.1 Å². The van der Waals surface area contributed by atoms with E-state index in [4.69, 9.17) is 0 Å². The lowest BCUT2D eigenvalue weighted by Gasteiger charge is -2.42. The van der Waals surface area contributed by atoms with Crippen molar-refractivity contribution in [2.24, 2.45) is 0 Å². The molecule has 38 heavy (non-hydrogen) atoms. The summed E-state index contributed by atoms with van der Waals surface area (Å²) in [6.45, 7) is 27.7. The third-order valence-corrected chi connectivity index (χ3v) is 8.51. The van der Waals surface area contributed by atoms with E-state index in [-0.39, 0.29) is 21.9 Å². The lowest BCUT2D eigenvalue weighted by atomic mass is 9.83. The number of phenolic OH excluding ortho intramolecular Hbond substituents is 2. The first kappa shape index (κ1) is 32.2. The normalized spacial score (nSPS) is 13.6. The van der Waals surface area contributed by atoms with Crippen molar-refractivity contribution in [2.45, 2.75) is 131 Å². The van der Waals surface area contributed by atoms with E-state index in [1.54, 1.807) is 0 Å². The van der Waals surface area contributed by atoms with Crippen LogP contribution in [0.1, 0.15) is 115 Å². The van der Waals surface area contributed by atoms with Crippen molar-refractivity contribution in [3.8, 4) is 11.5 Å². The third kappa shape index (κ3) is 7.76. The summed E-state index contributed by atoms with van der Waals surface area (Å²) in [5.74, 6) is 0.858. The van der Waals surface area contributed by atoms with Crippen LogP contribution in [0.25, 0.3) is 0 Å². The van der Waals surface area contributed by atoms with Gasteiger partial charge in [-0.25, -0.2) is 0 Å². The largest absolute Gasteiger partial charge is 0.507 e. The summed E-state index contributed by atoms with van der Waals surface area (Å²) < 4.78 is 0. The molecule has 0 aromatic heterocycles. The Kier molecular flexibility index (Phi) is 9.50. The molecule has 2 aromatic carbocycles. The maximum absolute atomic E-state index is 11.1. The molecule has 0 aliphatic heterocycles. The van der Waals surface area contributed by atoms with Gasteiger partial charge in [-0.15, -0.1) is 0 Å². The zero-order valence-corrected chi connectivity index (χ0v) is 26.9. The molecular weight excluding hydrogens is 468 g/mol. The number of hydrogen-bond donors (Lipinski definition) is 2. The van der Waals surface area contributed by atoms with Crippen molar-refractivity contribution in [2.75, 3.05) is 14.1 Å². The van der Waals surface area contributed by atoms with Gasteiger partial charge in [-0.3, -0.25) is 9.80 Å². The first-order valence-electron chi connectivity index (χ1n) is 14.1. The molecule has 0 aliphatic carbocycles. The fraction of sp³-hybridized carbons (Fsp3) is 0.647. The Morgan fingerprint density at radius 3 is 1.11 bits per heavy atom. The Hall–Kier alpha value is -2.04. The van der Waals surface area contributed by atoms with Gasteiger partial charge in [0.2, 0.25) is 0 Å². The van der Waals surface area contributed by atoms with Crippen molar-refractivity contribution in [1.29, 1.82) is 0 Å². The van der Waals surface area contributed by atoms with Gasteiger partial charge in [0, 0.05) is 35.3 Å². The van der Waals surface area contributed by atoms with Gasteiger partial charge in [0.1, 0.15) is 11.5 Å². The van der Waals surface area contributed by atoms with Crippen LogP contribution >= 0.6 is 0 Å². The SMILES string of the molecule is Cc1cc(CN(C)C(C)(C)CCC(C)(C)N(C)Cc2cc(C)cc(C(C)(C)C)c2O)c(O)c(C(C)(C)C)c1. The maximum Gasteiger partial charge on any atom is 0.123 e. The van der Waals surface area contributed by atoms with E-state index in [0.717, 1.165) is 35.1 Å². The molecule has 0 fully saturated rings. The van der Waals surface area contributed by atoms with Crippen molar-refractivity contribution >= 4 is 0 Å². The lowest BCUT2D eigenvalue weighted by Crippen LogP contribution is -2.46. The Morgan fingerprint density at radius 1 is 0.553 bits per heavy atom. The molecule has 4 heteroatoms. The third-order valence-electron chi connectivity index (χ3n) is 8.51. The number of aryl methyl sites for hydroxylation is 2. The quantitative estimate of drug-likeness (QED) is 0.347. The standard InChI is InChI=1S/C34H56N2O2/c1-23-17-25(29(37)27(19-23)31(3,4)5)21-35(13)33(9,10)15-16-34(11,12)36(14)22-26-18-24(2)20-28(30(26)38)32(6,7)8/h17-20,37-38H,15-16,21-22H2,1-14H3. The Morgan fingerprint density at radius 2 is 0.842 bits per heavy atom. The van der Waals surface area contributed by atoms with Gasteiger partial charge in [0.05, 0.1) is 0 Å². The van der Waals surface area contributed by atoms with E-state index in [9.17, 15) is 10.2 Å². The smallest absolute Gasteiger partial charge is 0.123 e. The van der Waals surface area contributed by atoms with Crippen LogP contribution in [0, 0.1) is 13.8 Å². The molecule has 0 saturated carbocycles. The van der Waals surface area contributed by atoms with Crippen LogP contribution in [-0.4, -0.2) is 45.2 Å². The van der Waals surface area contributed by atoms with E-state index in [0.29, 0.717) is 24.6 Å². The van der Waals surface area contributed by atoms with Crippen LogP contribution in [-0.2, 0) is 23.9 Å². The van der Waals surface area contributed by atoms with Crippen molar-refractivity contribution in [3.63, 3.8) is 0 Å². The highest BCUT2D eigenvalue weighted by atomic mass is 16.3. The molecule has 0 saturated heterocycles. The molecule has 2 aromatic rings. The van der Waals surface area contributed by atoms with Gasteiger partial charge >= 0.3 is 0 Å². The number of aromatic hydroxyl groups is 2. The number of rotatable bonds is 9. The van der Waals surface area contributed by atoms with Crippen molar-refractivity contribution < 1.29 is 10.2 Å². The van der Waals surface area contributed by atoms with Crippen molar-refractivity contribution in [3.05, 3.63) is 57.6 Å². The van der Waals surface area contributed by atoms with E-state index >= 15 is 0 Å². The van der Waals surface area contributed by atoms with Crippen molar-refractivity contribution in [1.82, 2.24) is 9.80 Å². The summed E-state index contributed by atoms with van der Waals surface area (Å²) in [7, 11) is 4.32. The Bertz CT molecular complexity index is 1030. The predicted octanol–water partition coefficient (Wildman–Crippen LogP) is 8.21. The summed E-state index contributed by atoms with van der Waals surface area (Å²) in [5.41, 5.74) is 6.06. The molecule has 4 nitrogen and oxygen atoms in total. The molecule has 0 amide bonds. The maximum atomic E-state index is 11.1. The molecule has 2 N–H and O–H groups in total. The Labute approximate surface area is 234 Å². The second-order valence-electron chi connectivity index (χ2n) is 15.0. The number of benzene rings is 2. The first-order chi connectivity index (χ1) is 17.1. The second kappa shape index (κ2) is 11.2. The predicted molar refractivity (Wildman–Crippen MR) is 163 cm³/mol. The molecule has 0 aliphatic rings. The molecule has 0 atom stereocenters. The highest BCUT2D eigenvalue weighted by molar-refractivity contribution is 5.47. The summed E-state index contributed by atoms with van der Waals surface area (Å²) in [5, 5.41) is 22.2. The highest BCUT2D eigenvalue weighted by Gasteiger charge is 2.32. The molecular formula is C34H56N2O2. The van der Waals surface area contributed by atoms with Gasteiger partial charge < -0.3 is 10.2 Å². The number of phenols is 2. The highest BCUT2D eigenvalue weighted by Crippen LogP contribution is 2.38. The number of hydrogen-bond acceptors (Lipinski definition) is 4. The molecule has 214 valence electrons. The van der Waals surface area contributed by atoms with E-state index in [2.05, 4.69) is 131 Å². The molecule has 0 spiro atoms. The first-order valence-corrected chi connectivity index (χ1v) is 14.1. The zero-order chi connectivity index (χ0) is 29.4. The molecule has 2 rings (SSSR count). The van der Waals surface area contributed by atoms with Crippen LogP contribution in [0.2, 0.25) is 0 Å². The van der Waals surface area contributed by atoms with E-state index in [1.807, 2.05) is 0 Å². The monoisotopic (exact) mass is 524 g/mol. The van der Waals surface area contributed by atoms with Gasteiger partial charge in [-0.05, 0) is 90.4 Å². The lowest BCUT2D eigenvalue weighted by molar-refractivity contribution is 0.0846. The minimum absolute atomic E-state index is 0.0545.